The van der Waals surface area contributed by atoms with Crippen LogP contribution in [0.25, 0.3) is 0 Å². The number of rotatable bonds is 1. The largest absolute Gasteiger partial charge is 0.274 e. The number of hydrogen-bond donors (Lipinski definition) is 1. The summed E-state index contributed by atoms with van der Waals surface area (Å²) in [6, 6.07) is 0. The topological polar surface area (TPSA) is 17.8 Å². The van der Waals surface area contributed by atoms with Crippen molar-refractivity contribution < 1.29 is 0 Å². The van der Waals surface area contributed by atoms with Gasteiger partial charge in [0.1, 0.15) is 0 Å². The van der Waals surface area contributed by atoms with E-state index in [4.69, 9.17) is 0 Å². The molecule has 0 saturated carbocycles. The van der Waals surface area contributed by atoms with E-state index in [2.05, 4.69) is 30.7 Å². The van der Waals surface area contributed by atoms with Crippen LogP contribution in [0.3, 0.4) is 0 Å². The first-order valence-electron chi connectivity index (χ1n) is 3.29. The zero-order valence-electron chi connectivity index (χ0n) is 6.92. The average molecular weight is 158 g/mol. The molecule has 0 aliphatic carbocycles. The zero-order chi connectivity index (χ0) is 7.72. The molecule has 10 heavy (non-hydrogen) atoms. The minimum absolute atomic E-state index is 0.0211. The Labute approximate surface area is 64.6 Å². The third-order valence-electron chi connectivity index (χ3n) is 1.47. The summed E-state index contributed by atoms with van der Waals surface area (Å²) >= 11 is 0. The summed E-state index contributed by atoms with van der Waals surface area (Å²) in [7, 11) is 1.99. The van der Waals surface area contributed by atoms with Gasteiger partial charge in [0, 0.05) is 18.1 Å². The van der Waals surface area contributed by atoms with Crippen molar-refractivity contribution >= 4 is 10.9 Å². The van der Waals surface area contributed by atoms with Crippen molar-refractivity contribution in [3.8, 4) is 0 Å². The van der Waals surface area contributed by atoms with Crippen LogP contribution in [0.15, 0.2) is 11.1 Å². The molecule has 58 valence electrons. The molecular weight excluding hydrogens is 144 g/mol. The third-order valence-corrected chi connectivity index (χ3v) is 2.87. The summed E-state index contributed by atoms with van der Waals surface area (Å²) in [6.45, 7) is 2.07. The molecule has 1 rings (SSSR count). The van der Waals surface area contributed by atoms with Crippen molar-refractivity contribution in [2.45, 2.75) is 11.8 Å². The minimum atomic E-state index is 0.0211. The molecule has 0 atom stereocenters. The molecule has 0 aliphatic rings. The number of aromatic nitrogens is 2. The van der Waals surface area contributed by atoms with Crippen LogP contribution in [0.1, 0.15) is 5.69 Å². The predicted octanol–water partition coefficient (Wildman–Crippen LogP) is 1.35. The summed E-state index contributed by atoms with van der Waals surface area (Å²) < 4.78 is 1.88. The Balaban J connectivity index is 3.03. The fraction of sp³-hybridized carbons (Fsp3) is 0.571. The van der Waals surface area contributed by atoms with Gasteiger partial charge in [-0.2, -0.15) is 5.10 Å². The van der Waals surface area contributed by atoms with E-state index < -0.39 is 0 Å². The van der Waals surface area contributed by atoms with Crippen molar-refractivity contribution in [2.24, 2.45) is 7.05 Å². The lowest BCUT2D eigenvalue weighted by atomic mass is 10.5. The van der Waals surface area contributed by atoms with E-state index in [0.29, 0.717) is 0 Å². The molecule has 3 heteroatoms. The Hall–Kier alpha value is -0.440. The lowest BCUT2D eigenvalue weighted by Gasteiger charge is -2.05. The van der Waals surface area contributed by atoms with Crippen LogP contribution in [0.4, 0.5) is 0 Å². The van der Waals surface area contributed by atoms with Crippen molar-refractivity contribution in [3.63, 3.8) is 0 Å². The molecule has 0 fully saturated rings. The van der Waals surface area contributed by atoms with Crippen LogP contribution in [-0.4, -0.2) is 22.3 Å². The predicted molar refractivity (Wildman–Crippen MR) is 47.0 cm³/mol. The highest BCUT2D eigenvalue weighted by Gasteiger charge is 2.02. The Morgan fingerprint density at radius 3 is 2.30 bits per heavy atom. The number of nitrogens with zero attached hydrogens (tertiary/aromatic N) is 2. The molecule has 0 radical (unpaired) electrons. The van der Waals surface area contributed by atoms with Gasteiger partial charge in [-0.05, 0) is 19.4 Å². The van der Waals surface area contributed by atoms with Gasteiger partial charge < -0.3 is 0 Å². The number of hydrogen-bond acceptors (Lipinski definition) is 1. The maximum atomic E-state index is 4.27. The van der Waals surface area contributed by atoms with Gasteiger partial charge in [-0.1, -0.05) is 0 Å². The molecule has 0 aromatic carbocycles. The maximum Gasteiger partial charge on any atom is 0.0712 e. The Morgan fingerprint density at radius 1 is 1.50 bits per heavy atom. The van der Waals surface area contributed by atoms with Crippen molar-refractivity contribution in [3.05, 3.63) is 11.9 Å². The van der Waals surface area contributed by atoms with E-state index in [1.165, 1.54) is 10.6 Å². The van der Waals surface area contributed by atoms with Gasteiger partial charge in [-0.25, -0.2) is 10.9 Å². The van der Waals surface area contributed by atoms with Gasteiger partial charge in [-0.3, -0.25) is 4.68 Å². The highest BCUT2D eigenvalue weighted by atomic mass is 32.2. The first-order chi connectivity index (χ1) is 4.61. The van der Waals surface area contributed by atoms with Gasteiger partial charge in [0.15, 0.2) is 0 Å². The molecule has 1 aromatic heterocycles. The molecule has 2 nitrogen and oxygen atoms in total. The first kappa shape index (κ1) is 7.66. The Morgan fingerprint density at radius 2 is 2.10 bits per heavy atom. The lowest BCUT2D eigenvalue weighted by molar-refractivity contribution is 0.756. The van der Waals surface area contributed by atoms with Crippen molar-refractivity contribution in [1.82, 2.24) is 9.78 Å². The maximum absolute atomic E-state index is 4.27. The van der Waals surface area contributed by atoms with E-state index in [9.17, 15) is 0 Å². The zero-order valence-corrected chi connectivity index (χ0v) is 7.81. The van der Waals surface area contributed by atoms with Crippen LogP contribution in [0.2, 0.25) is 0 Å². The van der Waals surface area contributed by atoms with Crippen LogP contribution in [-0.2, 0) is 7.05 Å². The molecule has 0 bridgehead atoms. The van der Waals surface area contributed by atoms with E-state index in [-0.39, 0.29) is 10.9 Å². The highest BCUT2D eigenvalue weighted by molar-refractivity contribution is 8.15. The average Bonchev–Trinajstić information content (AvgIpc) is 2.10. The molecule has 0 saturated heterocycles. The molecule has 0 unspecified atom stereocenters. The second-order valence-electron chi connectivity index (χ2n) is 2.67. The molecular formula is C7H14N2S. The molecule has 1 heterocycles. The van der Waals surface area contributed by atoms with Crippen molar-refractivity contribution in [2.75, 3.05) is 12.5 Å². The van der Waals surface area contributed by atoms with E-state index >= 15 is 0 Å². The molecule has 0 N–H and O–H groups in total. The van der Waals surface area contributed by atoms with E-state index in [1.54, 1.807) is 0 Å². The lowest BCUT2D eigenvalue weighted by Crippen LogP contribution is -1.86. The van der Waals surface area contributed by atoms with Crippen LogP contribution in [0, 0.1) is 6.92 Å². The standard InChI is InChI=1S/C7H14N2S/c1-6-7(10(3)4)5-9(2)8-6/h5,10H,1-4H3. The number of thiol groups is 1. The smallest absolute Gasteiger partial charge is 0.0712 e. The second kappa shape index (κ2) is 2.66. The van der Waals surface area contributed by atoms with Gasteiger partial charge in [-0.15, -0.1) is 0 Å². The monoisotopic (exact) mass is 158 g/mol. The fourth-order valence-electron chi connectivity index (χ4n) is 1.03. The third kappa shape index (κ3) is 1.34. The fourth-order valence-corrected chi connectivity index (χ4v) is 2.12. The van der Waals surface area contributed by atoms with E-state index in [0.717, 1.165) is 0 Å². The SMILES string of the molecule is Cc1nn(C)cc1[SH](C)C. The van der Waals surface area contributed by atoms with Crippen molar-refractivity contribution in [1.29, 1.82) is 0 Å². The summed E-state index contributed by atoms with van der Waals surface area (Å²) in [5.74, 6) is 0. The quantitative estimate of drug-likeness (QED) is 0.611. The second-order valence-corrected chi connectivity index (χ2v) is 4.94. The number of aryl methyl sites for hydroxylation is 2. The molecule has 1 aromatic rings. The van der Waals surface area contributed by atoms with Crippen LogP contribution >= 0.6 is 10.9 Å². The molecule has 0 amide bonds. The summed E-state index contributed by atoms with van der Waals surface area (Å²) in [5, 5.41) is 4.27. The van der Waals surface area contributed by atoms with Crippen LogP contribution in [0.5, 0.6) is 0 Å². The summed E-state index contributed by atoms with van der Waals surface area (Å²) in [6.07, 6.45) is 6.61. The normalized spacial score (nSPS) is 11.8. The molecule has 0 spiro atoms. The van der Waals surface area contributed by atoms with Crippen LogP contribution < -0.4 is 0 Å². The van der Waals surface area contributed by atoms with Gasteiger partial charge >= 0.3 is 0 Å². The Bertz CT molecular complexity index is 228. The molecule has 0 aliphatic heterocycles. The summed E-state index contributed by atoms with van der Waals surface area (Å²) in [4.78, 5) is 1.41. The minimum Gasteiger partial charge on any atom is -0.274 e. The van der Waals surface area contributed by atoms with E-state index in [1.807, 2.05) is 11.7 Å². The summed E-state index contributed by atoms with van der Waals surface area (Å²) in [5.41, 5.74) is 1.18. The van der Waals surface area contributed by atoms with Gasteiger partial charge in [0.25, 0.3) is 0 Å². The highest BCUT2D eigenvalue weighted by Crippen LogP contribution is 2.29. The van der Waals surface area contributed by atoms with Gasteiger partial charge in [0.2, 0.25) is 0 Å². The first-order valence-corrected chi connectivity index (χ1v) is 5.52. The van der Waals surface area contributed by atoms with Gasteiger partial charge in [0.05, 0.1) is 5.69 Å². The Kier molecular flexibility index (Phi) is 2.04.